The molecule has 1 unspecified atom stereocenters. The van der Waals surface area contributed by atoms with Crippen molar-refractivity contribution < 1.29 is 38.8 Å². The Kier molecular flexibility index (Phi) is 18.8. The number of carboxylic acid groups (broad SMARTS) is 1. The van der Waals surface area contributed by atoms with Crippen molar-refractivity contribution in [3.8, 4) is 12.3 Å². The summed E-state index contributed by atoms with van der Waals surface area (Å²) >= 11 is 0. The van der Waals surface area contributed by atoms with Gasteiger partial charge in [-0.2, -0.15) is 15.0 Å². The molecule has 5 N–H and O–H groups in total. The van der Waals surface area contributed by atoms with E-state index in [0.717, 1.165) is 12.8 Å². The number of nitrogens with zero attached hydrogens (tertiary/aromatic N) is 13. The number of aliphatic hydroxyl groups is 1. The van der Waals surface area contributed by atoms with Crippen LogP contribution < -0.4 is 20.9 Å². The van der Waals surface area contributed by atoms with Gasteiger partial charge in [0.05, 0.1) is 56.9 Å². The minimum Gasteiger partial charge on any atom is -0.481 e. The van der Waals surface area contributed by atoms with E-state index in [1.807, 2.05) is 9.80 Å². The molecule has 0 saturated carbocycles. The van der Waals surface area contributed by atoms with Crippen molar-refractivity contribution in [2.45, 2.75) is 64.1 Å². The molecule has 2 aliphatic rings. The molecule has 334 valence electrons. The molecule has 2 atom stereocenters. The lowest BCUT2D eigenvalue weighted by Crippen LogP contribution is -2.51. The summed E-state index contributed by atoms with van der Waals surface area (Å²) in [6.45, 7) is 8.54. The SMILES string of the molecule is C#CCOCCOCCOCCNc1nc(N2CCN(C(=O)Cn3cc(CC(C)O)nn3)CC2)nc(N2CCN(C(=O)[C@H](CCCCN)n3cc(CCC(=O)O)nn3)CC2)n1. The number of aryl methyl sites for hydroxylation is 1. The number of terminal acetylenes is 1. The molecule has 23 heteroatoms. The number of aliphatic carboxylic acids is 1. The number of amides is 2. The number of carbonyl (C=O) groups is 3. The molecular formula is C38H59N15O8. The van der Waals surface area contributed by atoms with Crippen LogP contribution in [0.1, 0.15) is 50.0 Å². The second kappa shape index (κ2) is 24.7. The minimum atomic E-state index is -0.929. The van der Waals surface area contributed by atoms with Gasteiger partial charge >= 0.3 is 5.97 Å². The number of aromatic nitrogens is 9. The van der Waals surface area contributed by atoms with Crippen molar-refractivity contribution in [1.82, 2.24) is 54.7 Å². The number of nitrogens with one attached hydrogen (secondary N) is 1. The molecule has 5 rings (SSSR count). The second-order valence-electron chi connectivity index (χ2n) is 14.7. The van der Waals surface area contributed by atoms with E-state index in [0.29, 0.717) is 141 Å². The number of unbranched alkanes of at least 4 members (excludes halogenated alkanes) is 1. The standard InChI is InChI=1S/C38H59N15O8/c1-3-19-59-21-23-61-24-22-60-20-10-40-36-41-37(50-15-11-48(12-16-50)33(55)28-52-26-31(45-46-52)25-29(2)54)43-38(42-36)51-17-13-49(14-18-51)35(58)32(6-4-5-9-39)53-27-30(44-47-53)7-8-34(56)57/h1,26-27,29,32,54H,4-25,28,39H2,2H3,(H,56,57)(H,40,41,42,43)/t29?,32-/m0/s1. The number of hydrogen-bond acceptors (Lipinski definition) is 18. The highest BCUT2D eigenvalue weighted by Gasteiger charge is 2.31. The van der Waals surface area contributed by atoms with E-state index >= 15 is 0 Å². The van der Waals surface area contributed by atoms with Crippen LogP contribution in [0, 0.1) is 12.3 Å². The Morgan fingerprint density at radius 3 is 2.13 bits per heavy atom. The van der Waals surface area contributed by atoms with Crippen LogP contribution in [0.2, 0.25) is 0 Å². The van der Waals surface area contributed by atoms with Crippen molar-refractivity contribution in [2.75, 3.05) is 120 Å². The zero-order chi connectivity index (χ0) is 43.4. The van der Waals surface area contributed by atoms with Gasteiger partial charge in [0.15, 0.2) is 0 Å². The summed E-state index contributed by atoms with van der Waals surface area (Å²) in [6, 6.07) is -0.597. The van der Waals surface area contributed by atoms with E-state index in [4.69, 9.17) is 46.4 Å². The predicted octanol–water partition coefficient (Wildman–Crippen LogP) is -1.54. The fourth-order valence-electron chi connectivity index (χ4n) is 6.73. The average Bonchev–Trinajstić information content (AvgIpc) is 3.92. The molecule has 2 amide bonds. The summed E-state index contributed by atoms with van der Waals surface area (Å²) in [5.74, 6) is 2.58. The number of nitrogens with two attached hydrogens (primary N) is 1. The van der Waals surface area contributed by atoms with Gasteiger partial charge < -0.3 is 55.1 Å². The first-order chi connectivity index (χ1) is 29.6. The van der Waals surface area contributed by atoms with Crippen LogP contribution in [-0.2, 0) is 48.0 Å². The molecule has 3 aromatic rings. The van der Waals surface area contributed by atoms with Gasteiger partial charge in [0, 0.05) is 84.1 Å². The molecule has 23 nitrogen and oxygen atoms in total. The highest BCUT2D eigenvalue weighted by Crippen LogP contribution is 2.23. The second-order valence-corrected chi connectivity index (χ2v) is 14.7. The molecule has 5 heterocycles. The Morgan fingerprint density at radius 2 is 1.49 bits per heavy atom. The summed E-state index contributed by atoms with van der Waals surface area (Å²) in [6.07, 6.45) is 10.5. The zero-order valence-corrected chi connectivity index (χ0v) is 34.9. The number of aliphatic hydroxyl groups excluding tert-OH is 1. The van der Waals surface area contributed by atoms with E-state index < -0.39 is 18.1 Å². The van der Waals surface area contributed by atoms with Crippen LogP contribution in [0.25, 0.3) is 0 Å². The third-order valence-corrected chi connectivity index (χ3v) is 9.94. The van der Waals surface area contributed by atoms with Crippen LogP contribution in [0.15, 0.2) is 12.4 Å². The summed E-state index contributed by atoms with van der Waals surface area (Å²) in [7, 11) is 0. The third-order valence-electron chi connectivity index (χ3n) is 9.94. The number of piperazine rings is 2. The van der Waals surface area contributed by atoms with Gasteiger partial charge in [-0.1, -0.05) is 16.3 Å². The zero-order valence-electron chi connectivity index (χ0n) is 34.9. The summed E-state index contributed by atoms with van der Waals surface area (Å²) < 4.78 is 19.4. The Morgan fingerprint density at radius 1 is 0.852 bits per heavy atom. The molecule has 2 fully saturated rings. The third kappa shape index (κ3) is 15.2. The quantitative estimate of drug-likeness (QED) is 0.0526. The van der Waals surface area contributed by atoms with E-state index in [1.54, 1.807) is 33.8 Å². The number of carbonyl (C=O) groups excluding carboxylic acids is 2. The van der Waals surface area contributed by atoms with Crippen molar-refractivity contribution in [3.63, 3.8) is 0 Å². The molecular weight excluding hydrogens is 795 g/mol. The molecule has 0 aromatic carbocycles. The van der Waals surface area contributed by atoms with E-state index in [9.17, 15) is 19.5 Å². The van der Waals surface area contributed by atoms with Crippen molar-refractivity contribution in [1.29, 1.82) is 0 Å². The Balaban J connectivity index is 1.20. The molecule has 2 aliphatic heterocycles. The van der Waals surface area contributed by atoms with Gasteiger partial charge in [-0.3, -0.25) is 14.4 Å². The maximum atomic E-state index is 14.0. The Hall–Kier alpha value is -5.54. The topological polar surface area (TPSA) is 270 Å². The minimum absolute atomic E-state index is 0.0431. The normalized spacial score (nSPS) is 15.4. The van der Waals surface area contributed by atoms with Gasteiger partial charge in [0.25, 0.3) is 0 Å². The fourth-order valence-corrected chi connectivity index (χ4v) is 6.73. The van der Waals surface area contributed by atoms with Gasteiger partial charge in [-0.15, -0.1) is 16.6 Å². The van der Waals surface area contributed by atoms with Crippen molar-refractivity contribution >= 4 is 35.6 Å². The Bertz CT molecular complexity index is 1850. The molecule has 3 aromatic heterocycles. The first-order valence-electron chi connectivity index (χ1n) is 20.8. The summed E-state index contributed by atoms with van der Waals surface area (Å²) in [5.41, 5.74) is 6.89. The highest BCUT2D eigenvalue weighted by molar-refractivity contribution is 5.80. The molecule has 61 heavy (non-hydrogen) atoms. The fraction of sp³-hybridized carbons (Fsp3) is 0.684. The van der Waals surface area contributed by atoms with E-state index in [1.165, 1.54) is 4.68 Å². The van der Waals surface area contributed by atoms with Crippen LogP contribution in [0.5, 0.6) is 0 Å². The maximum Gasteiger partial charge on any atom is 0.303 e. The van der Waals surface area contributed by atoms with Crippen molar-refractivity contribution in [2.24, 2.45) is 5.73 Å². The van der Waals surface area contributed by atoms with Crippen LogP contribution in [0.3, 0.4) is 0 Å². The van der Waals surface area contributed by atoms with E-state index in [2.05, 4.69) is 31.9 Å². The van der Waals surface area contributed by atoms with Crippen LogP contribution in [-0.4, -0.2) is 194 Å². The molecule has 0 aliphatic carbocycles. The number of rotatable bonds is 26. The smallest absolute Gasteiger partial charge is 0.303 e. The summed E-state index contributed by atoms with van der Waals surface area (Å²) in [5, 5.41) is 38.4. The predicted molar refractivity (Wildman–Crippen MR) is 221 cm³/mol. The largest absolute Gasteiger partial charge is 0.481 e. The first-order valence-corrected chi connectivity index (χ1v) is 20.8. The molecule has 2 saturated heterocycles. The van der Waals surface area contributed by atoms with Gasteiger partial charge in [-0.25, -0.2) is 9.36 Å². The first kappa shape index (κ1) is 46.5. The maximum absolute atomic E-state index is 14.0. The van der Waals surface area contributed by atoms with Crippen molar-refractivity contribution in [3.05, 3.63) is 23.8 Å². The Labute approximate surface area is 354 Å². The molecule has 0 bridgehead atoms. The average molecular weight is 854 g/mol. The number of anilines is 3. The lowest BCUT2D eigenvalue weighted by Gasteiger charge is -2.37. The molecule has 0 radical (unpaired) electrons. The van der Waals surface area contributed by atoms with Gasteiger partial charge in [-0.05, 0) is 32.7 Å². The number of carboxylic acids is 1. The summed E-state index contributed by atoms with van der Waals surface area (Å²) in [4.78, 5) is 60.3. The van der Waals surface area contributed by atoms with Crippen LogP contribution in [0.4, 0.5) is 17.8 Å². The molecule has 0 spiro atoms. The number of hydrogen-bond donors (Lipinski definition) is 4. The monoisotopic (exact) mass is 853 g/mol. The van der Waals surface area contributed by atoms with Gasteiger partial charge in [0.1, 0.15) is 19.2 Å². The highest BCUT2D eigenvalue weighted by atomic mass is 16.5. The van der Waals surface area contributed by atoms with Crippen LogP contribution >= 0.6 is 0 Å². The van der Waals surface area contributed by atoms with Gasteiger partial charge in [0.2, 0.25) is 29.7 Å². The lowest BCUT2D eigenvalue weighted by atomic mass is 10.1. The lowest BCUT2D eigenvalue weighted by molar-refractivity contribution is -0.137. The number of ether oxygens (including phenoxy) is 3. The van der Waals surface area contributed by atoms with E-state index in [-0.39, 0.29) is 37.8 Å².